The molecular weight excluding hydrogens is 246 g/mol. The van der Waals surface area contributed by atoms with Crippen LogP contribution in [0.2, 0.25) is 0 Å². The molecule has 0 heterocycles. The van der Waals surface area contributed by atoms with Gasteiger partial charge in [0, 0.05) is 10.9 Å². The minimum atomic E-state index is -1.00. The molecule has 0 spiro atoms. The normalized spacial score (nSPS) is 26.3. The predicted octanol–water partition coefficient (Wildman–Crippen LogP) is 2.46. The Hall–Kier alpha value is -0.870. The van der Waals surface area contributed by atoms with E-state index in [-0.39, 0.29) is 11.3 Å². The maximum Gasteiger partial charge on any atom is 0.118 e. The molecule has 1 aromatic rings. The number of hydrogen-bond acceptors (Lipinski definition) is 3. The van der Waals surface area contributed by atoms with Crippen molar-refractivity contribution in [2.75, 3.05) is 7.11 Å². The zero-order valence-corrected chi connectivity index (χ0v) is 11.6. The van der Waals surface area contributed by atoms with Gasteiger partial charge in [-0.25, -0.2) is 0 Å². The van der Waals surface area contributed by atoms with E-state index in [1.54, 1.807) is 7.11 Å². The molecule has 1 aliphatic rings. The molecule has 2 N–H and O–H groups in total. The van der Waals surface area contributed by atoms with Crippen LogP contribution in [0.5, 0.6) is 5.75 Å². The summed E-state index contributed by atoms with van der Waals surface area (Å²) in [6.07, 6.45) is 5.48. The van der Waals surface area contributed by atoms with Gasteiger partial charge in [0.05, 0.1) is 23.2 Å². The highest BCUT2D eigenvalue weighted by Gasteiger charge is 2.26. The van der Waals surface area contributed by atoms with Crippen LogP contribution in [0.15, 0.2) is 29.2 Å². The highest BCUT2D eigenvalue weighted by Crippen LogP contribution is 2.25. The standard InChI is InChI=1S/C14H21NO2S/c1-17-11-7-9-12(10-8-11)18(16)14-6-4-2-3-5-13(14)15/h7-10,13-14H,2-6,15H2,1H3. The van der Waals surface area contributed by atoms with Crippen molar-refractivity contribution in [1.82, 2.24) is 0 Å². The summed E-state index contributed by atoms with van der Waals surface area (Å²) in [6, 6.07) is 7.54. The third-order valence-corrected chi connectivity index (χ3v) is 5.44. The SMILES string of the molecule is COc1ccc(S(=O)C2CCCCCC2N)cc1. The molecular formula is C14H21NO2S. The monoisotopic (exact) mass is 267 g/mol. The van der Waals surface area contributed by atoms with Gasteiger partial charge < -0.3 is 10.5 Å². The lowest BCUT2D eigenvalue weighted by molar-refractivity contribution is 0.414. The van der Waals surface area contributed by atoms with Gasteiger partial charge in [-0.3, -0.25) is 4.21 Å². The van der Waals surface area contributed by atoms with E-state index in [9.17, 15) is 4.21 Å². The van der Waals surface area contributed by atoms with E-state index >= 15 is 0 Å². The zero-order valence-electron chi connectivity index (χ0n) is 10.8. The lowest BCUT2D eigenvalue weighted by Crippen LogP contribution is -2.36. The van der Waals surface area contributed by atoms with E-state index in [0.717, 1.165) is 36.3 Å². The van der Waals surface area contributed by atoms with Crippen molar-refractivity contribution >= 4 is 10.8 Å². The molecule has 1 fully saturated rings. The van der Waals surface area contributed by atoms with Crippen molar-refractivity contribution in [2.24, 2.45) is 5.73 Å². The number of rotatable bonds is 3. The molecule has 18 heavy (non-hydrogen) atoms. The molecule has 3 nitrogen and oxygen atoms in total. The summed E-state index contributed by atoms with van der Waals surface area (Å²) in [6.45, 7) is 0. The molecule has 100 valence electrons. The second-order valence-electron chi connectivity index (χ2n) is 4.81. The average molecular weight is 267 g/mol. The molecule has 0 radical (unpaired) electrons. The van der Waals surface area contributed by atoms with Gasteiger partial charge in [-0.05, 0) is 37.1 Å². The number of ether oxygens (including phenoxy) is 1. The van der Waals surface area contributed by atoms with Crippen molar-refractivity contribution in [3.8, 4) is 5.75 Å². The van der Waals surface area contributed by atoms with Crippen LogP contribution in [-0.2, 0) is 10.8 Å². The van der Waals surface area contributed by atoms with Crippen LogP contribution >= 0.6 is 0 Å². The molecule has 3 atom stereocenters. The van der Waals surface area contributed by atoms with Crippen molar-refractivity contribution in [2.45, 2.75) is 48.3 Å². The van der Waals surface area contributed by atoms with Crippen LogP contribution in [0, 0.1) is 0 Å². The Morgan fingerprint density at radius 2 is 1.83 bits per heavy atom. The Bertz CT molecular complexity index is 405. The van der Waals surface area contributed by atoms with Gasteiger partial charge in [-0.2, -0.15) is 0 Å². The number of hydrogen-bond donors (Lipinski definition) is 1. The highest BCUT2D eigenvalue weighted by atomic mass is 32.2. The number of benzene rings is 1. The quantitative estimate of drug-likeness (QED) is 0.856. The van der Waals surface area contributed by atoms with Crippen LogP contribution in [0.25, 0.3) is 0 Å². The zero-order chi connectivity index (χ0) is 13.0. The average Bonchev–Trinajstić information content (AvgIpc) is 2.63. The summed E-state index contributed by atoms with van der Waals surface area (Å²) >= 11 is 0. The maximum atomic E-state index is 12.6. The molecule has 0 bridgehead atoms. The van der Waals surface area contributed by atoms with Gasteiger partial charge in [-0.1, -0.05) is 19.3 Å². The first-order valence-corrected chi connectivity index (χ1v) is 7.74. The number of methoxy groups -OCH3 is 1. The van der Waals surface area contributed by atoms with Crippen LogP contribution in [-0.4, -0.2) is 22.6 Å². The van der Waals surface area contributed by atoms with Gasteiger partial charge in [0.15, 0.2) is 0 Å². The summed E-state index contributed by atoms with van der Waals surface area (Å²) in [4.78, 5) is 0.859. The molecule has 4 heteroatoms. The Balaban J connectivity index is 2.13. The Kier molecular flexibility index (Phi) is 4.78. The molecule has 2 rings (SSSR count). The van der Waals surface area contributed by atoms with Gasteiger partial charge in [-0.15, -0.1) is 0 Å². The first-order chi connectivity index (χ1) is 8.72. The fourth-order valence-corrected chi connectivity index (χ4v) is 4.04. The third-order valence-electron chi connectivity index (χ3n) is 3.57. The lowest BCUT2D eigenvalue weighted by Gasteiger charge is -2.20. The maximum absolute atomic E-state index is 12.6. The Labute approximate surface area is 111 Å². The molecule has 1 aliphatic carbocycles. The summed E-state index contributed by atoms with van der Waals surface area (Å²) in [7, 11) is 0.630. The van der Waals surface area contributed by atoms with E-state index < -0.39 is 10.8 Å². The van der Waals surface area contributed by atoms with Gasteiger partial charge in [0.25, 0.3) is 0 Å². The fourth-order valence-electron chi connectivity index (χ4n) is 2.45. The first kappa shape index (κ1) is 13.6. The smallest absolute Gasteiger partial charge is 0.118 e. The van der Waals surface area contributed by atoms with E-state index in [1.807, 2.05) is 24.3 Å². The van der Waals surface area contributed by atoms with Crippen molar-refractivity contribution in [3.63, 3.8) is 0 Å². The molecule has 0 saturated heterocycles. The van der Waals surface area contributed by atoms with E-state index in [4.69, 9.17) is 10.5 Å². The lowest BCUT2D eigenvalue weighted by atomic mass is 10.1. The Morgan fingerprint density at radius 3 is 2.50 bits per heavy atom. The minimum absolute atomic E-state index is 0.0652. The summed E-state index contributed by atoms with van der Waals surface area (Å²) in [5.41, 5.74) is 6.16. The molecule has 0 amide bonds. The molecule has 3 unspecified atom stereocenters. The highest BCUT2D eigenvalue weighted by molar-refractivity contribution is 7.85. The predicted molar refractivity (Wildman–Crippen MR) is 74.3 cm³/mol. The van der Waals surface area contributed by atoms with Gasteiger partial charge in [0.2, 0.25) is 0 Å². The molecule has 0 aliphatic heterocycles. The van der Waals surface area contributed by atoms with Crippen LogP contribution in [0.4, 0.5) is 0 Å². The summed E-state index contributed by atoms with van der Waals surface area (Å²) in [5, 5.41) is 0.0981. The second kappa shape index (κ2) is 6.34. The fraction of sp³-hybridized carbons (Fsp3) is 0.571. The molecule has 1 saturated carbocycles. The van der Waals surface area contributed by atoms with Crippen molar-refractivity contribution in [1.29, 1.82) is 0 Å². The summed E-state index contributed by atoms with van der Waals surface area (Å²) < 4.78 is 17.7. The van der Waals surface area contributed by atoms with E-state index in [2.05, 4.69) is 0 Å². The minimum Gasteiger partial charge on any atom is -0.497 e. The van der Waals surface area contributed by atoms with E-state index in [1.165, 1.54) is 6.42 Å². The van der Waals surface area contributed by atoms with Gasteiger partial charge in [0.1, 0.15) is 5.75 Å². The van der Waals surface area contributed by atoms with Crippen LogP contribution < -0.4 is 10.5 Å². The van der Waals surface area contributed by atoms with Gasteiger partial charge >= 0.3 is 0 Å². The topological polar surface area (TPSA) is 52.3 Å². The summed E-state index contributed by atoms with van der Waals surface area (Å²) in [5.74, 6) is 0.793. The van der Waals surface area contributed by atoms with Crippen molar-refractivity contribution in [3.05, 3.63) is 24.3 Å². The molecule has 1 aromatic carbocycles. The van der Waals surface area contributed by atoms with Crippen LogP contribution in [0.3, 0.4) is 0 Å². The molecule has 0 aromatic heterocycles. The van der Waals surface area contributed by atoms with Crippen molar-refractivity contribution < 1.29 is 8.95 Å². The third kappa shape index (κ3) is 3.12. The Morgan fingerprint density at radius 1 is 1.17 bits per heavy atom. The second-order valence-corrected chi connectivity index (χ2v) is 6.48. The largest absolute Gasteiger partial charge is 0.497 e. The number of nitrogens with two attached hydrogens (primary N) is 1. The van der Waals surface area contributed by atoms with E-state index in [0.29, 0.717) is 0 Å². The van der Waals surface area contributed by atoms with Crippen LogP contribution in [0.1, 0.15) is 32.1 Å². The first-order valence-electron chi connectivity index (χ1n) is 6.52.